The molecule has 1 heterocycles. The van der Waals surface area contributed by atoms with Crippen LogP contribution in [0.15, 0.2) is 41.3 Å². The molecular weight excluding hydrogens is 432 g/mol. The third-order valence-electron chi connectivity index (χ3n) is 5.51. The van der Waals surface area contributed by atoms with Crippen molar-refractivity contribution in [2.24, 2.45) is 0 Å². The lowest BCUT2D eigenvalue weighted by Gasteiger charge is -2.27. The molecule has 8 nitrogen and oxygen atoms in total. The van der Waals surface area contributed by atoms with Crippen molar-refractivity contribution in [3.8, 4) is 17.2 Å². The van der Waals surface area contributed by atoms with Gasteiger partial charge >= 0.3 is 0 Å². The number of nitrogens with zero attached hydrogens (tertiary/aromatic N) is 1. The van der Waals surface area contributed by atoms with E-state index in [1.165, 1.54) is 25.3 Å². The predicted molar refractivity (Wildman–Crippen MR) is 121 cm³/mol. The van der Waals surface area contributed by atoms with Crippen LogP contribution in [0, 0.1) is 0 Å². The van der Waals surface area contributed by atoms with E-state index < -0.39 is 10.0 Å². The van der Waals surface area contributed by atoms with E-state index >= 15 is 0 Å². The molecule has 3 rings (SSSR count). The molecule has 1 fully saturated rings. The Bertz CT molecular complexity index is 1050. The van der Waals surface area contributed by atoms with E-state index in [9.17, 15) is 13.2 Å². The van der Waals surface area contributed by atoms with Gasteiger partial charge in [0.25, 0.3) is 5.91 Å². The Kier molecular flexibility index (Phi) is 7.98. The molecule has 1 N–H and O–H groups in total. The van der Waals surface area contributed by atoms with Crippen LogP contribution < -0.4 is 18.9 Å². The van der Waals surface area contributed by atoms with Crippen molar-refractivity contribution >= 4 is 15.9 Å². The van der Waals surface area contributed by atoms with Crippen molar-refractivity contribution in [2.75, 3.05) is 41.0 Å². The second-order valence-corrected chi connectivity index (χ2v) is 9.32. The van der Waals surface area contributed by atoms with Gasteiger partial charge in [0, 0.05) is 19.6 Å². The van der Waals surface area contributed by atoms with Crippen molar-refractivity contribution in [1.82, 2.24) is 9.62 Å². The van der Waals surface area contributed by atoms with Crippen LogP contribution in [0.1, 0.15) is 35.2 Å². The number of sulfonamides is 1. The summed E-state index contributed by atoms with van der Waals surface area (Å²) in [4.78, 5) is 14.8. The molecule has 0 radical (unpaired) electrons. The zero-order valence-corrected chi connectivity index (χ0v) is 19.5. The number of rotatable bonds is 9. The van der Waals surface area contributed by atoms with E-state index in [4.69, 9.17) is 14.2 Å². The lowest BCUT2D eigenvalue weighted by molar-refractivity contribution is 0.0720. The van der Waals surface area contributed by atoms with Gasteiger partial charge in [0.05, 0.1) is 31.8 Å². The molecule has 1 amide bonds. The fourth-order valence-electron chi connectivity index (χ4n) is 3.74. The number of carbonyl (C=O) groups excluding carboxylic acids is 1. The molecule has 174 valence electrons. The SMILES string of the molecule is COc1ccc(CCNS(=O)(=O)c2ccc(OC)c(C(=O)N3CCCCC3)c2)cc1OC. The summed E-state index contributed by atoms with van der Waals surface area (Å²) in [6, 6.07) is 9.83. The molecule has 2 aromatic rings. The number of hydrogen-bond donors (Lipinski definition) is 1. The molecule has 0 spiro atoms. The van der Waals surface area contributed by atoms with Crippen LogP contribution in [0.3, 0.4) is 0 Å². The first kappa shape index (κ1) is 23.9. The minimum absolute atomic E-state index is 0.0333. The van der Waals surface area contributed by atoms with Gasteiger partial charge in [-0.1, -0.05) is 6.07 Å². The van der Waals surface area contributed by atoms with Crippen molar-refractivity contribution < 1.29 is 27.4 Å². The molecule has 0 saturated carbocycles. The van der Waals surface area contributed by atoms with Gasteiger partial charge in [-0.2, -0.15) is 0 Å². The Morgan fingerprint density at radius 2 is 1.56 bits per heavy atom. The molecule has 0 aliphatic carbocycles. The first-order chi connectivity index (χ1) is 15.4. The summed E-state index contributed by atoms with van der Waals surface area (Å²) in [7, 11) is 0.780. The highest BCUT2D eigenvalue weighted by Gasteiger charge is 2.24. The monoisotopic (exact) mass is 462 g/mol. The van der Waals surface area contributed by atoms with E-state index in [1.807, 2.05) is 12.1 Å². The van der Waals surface area contributed by atoms with Gasteiger partial charge in [-0.3, -0.25) is 4.79 Å². The molecule has 0 unspecified atom stereocenters. The molecule has 0 atom stereocenters. The Balaban J connectivity index is 1.73. The Morgan fingerprint density at radius 3 is 2.22 bits per heavy atom. The number of piperidine rings is 1. The summed E-state index contributed by atoms with van der Waals surface area (Å²) in [5, 5.41) is 0. The van der Waals surface area contributed by atoms with Crippen LogP contribution in [-0.2, 0) is 16.4 Å². The zero-order chi connectivity index (χ0) is 23.1. The molecule has 9 heteroatoms. The number of carbonyl (C=O) groups is 1. The van der Waals surface area contributed by atoms with E-state index in [-0.39, 0.29) is 22.9 Å². The summed E-state index contributed by atoms with van der Waals surface area (Å²) in [6.07, 6.45) is 3.46. The van der Waals surface area contributed by atoms with Crippen molar-refractivity contribution in [3.05, 3.63) is 47.5 Å². The summed E-state index contributed by atoms with van der Waals surface area (Å²) < 4.78 is 44.2. The third-order valence-corrected chi connectivity index (χ3v) is 6.97. The highest BCUT2D eigenvalue weighted by molar-refractivity contribution is 7.89. The standard InChI is InChI=1S/C23H30N2O6S/c1-29-20-10-8-18(16-19(20)23(26)25-13-5-4-6-14-25)32(27,28)24-12-11-17-7-9-21(30-2)22(15-17)31-3/h7-10,15-16,24H,4-6,11-14H2,1-3H3. The average Bonchev–Trinajstić information content (AvgIpc) is 2.83. The lowest BCUT2D eigenvalue weighted by atomic mass is 10.1. The topological polar surface area (TPSA) is 94.2 Å². The first-order valence-electron chi connectivity index (χ1n) is 10.6. The Morgan fingerprint density at radius 1 is 0.906 bits per heavy atom. The van der Waals surface area contributed by atoms with Crippen LogP contribution in [0.25, 0.3) is 0 Å². The number of benzene rings is 2. The maximum atomic E-state index is 13.0. The van der Waals surface area contributed by atoms with Crippen LogP contribution in [0.4, 0.5) is 0 Å². The third kappa shape index (κ3) is 5.52. The van der Waals surface area contributed by atoms with Crippen molar-refractivity contribution in [3.63, 3.8) is 0 Å². The predicted octanol–water partition coefficient (Wildman–Crippen LogP) is 2.86. The second-order valence-electron chi connectivity index (χ2n) is 7.55. The lowest BCUT2D eigenvalue weighted by Crippen LogP contribution is -2.36. The minimum Gasteiger partial charge on any atom is -0.496 e. The second kappa shape index (κ2) is 10.7. The van der Waals surface area contributed by atoms with Crippen LogP contribution in [0.2, 0.25) is 0 Å². The van der Waals surface area contributed by atoms with E-state index in [2.05, 4.69) is 4.72 Å². The smallest absolute Gasteiger partial charge is 0.257 e. The van der Waals surface area contributed by atoms with Crippen molar-refractivity contribution in [1.29, 1.82) is 0 Å². The molecule has 2 aromatic carbocycles. The van der Waals surface area contributed by atoms with Crippen LogP contribution in [-0.4, -0.2) is 60.2 Å². The Labute approximate surface area is 189 Å². The molecule has 1 aliphatic rings. The number of amides is 1. The maximum Gasteiger partial charge on any atom is 0.257 e. The number of ether oxygens (including phenoxy) is 3. The number of likely N-dealkylation sites (tertiary alicyclic amines) is 1. The van der Waals surface area contributed by atoms with Gasteiger partial charge in [0.1, 0.15) is 5.75 Å². The summed E-state index contributed by atoms with van der Waals surface area (Å²) >= 11 is 0. The highest BCUT2D eigenvalue weighted by Crippen LogP contribution is 2.28. The van der Waals surface area contributed by atoms with Crippen LogP contribution >= 0.6 is 0 Å². The van der Waals surface area contributed by atoms with Gasteiger partial charge in [-0.05, 0) is 61.6 Å². The average molecular weight is 463 g/mol. The molecule has 0 bridgehead atoms. The quantitative estimate of drug-likeness (QED) is 0.616. The number of hydrogen-bond acceptors (Lipinski definition) is 6. The highest BCUT2D eigenvalue weighted by atomic mass is 32.2. The van der Waals surface area contributed by atoms with E-state index in [1.54, 1.807) is 25.2 Å². The van der Waals surface area contributed by atoms with E-state index in [0.29, 0.717) is 36.8 Å². The molecule has 32 heavy (non-hydrogen) atoms. The van der Waals surface area contributed by atoms with Gasteiger partial charge in [-0.15, -0.1) is 0 Å². The molecule has 0 aromatic heterocycles. The van der Waals surface area contributed by atoms with Gasteiger partial charge < -0.3 is 19.1 Å². The van der Waals surface area contributed by atoms with Crippen LogP contribution in [0.5, 0.6) is 17.2 Å². The molecule has 1 saturated heterocycles. The largest absolute Gasteiger partial charge is 0.496 e. The molecule has 1 aliphatic heterocycles. The number of nitrogens with one attached hydrogen (secondary N) is 1. The fraction of sp³-hybridized carbons (Fsp3) is 0.435. The van der Waals surface area contributed by atoms with Gasteiger partial charge in [-0.25, -0.2) is 13.1 Å². The summed E-state index contributed by atoms with van der Waals surface area (Å²) in [5.74, 6) is 1.36. The van der Waals surface area contributed by atoms with Gasteiger partial charge in [0.2, 0.25) is 10.0 Å². The normalized spacial score (nSPS) is 14.2. The van der Waals surface area contributed by atoms with E-state index in [0.717, 1.165) is 24.8 Å². The fourth-order valence-corrected chi connectivity index (χ4v) is 4.80. The van der Waals surface area contributed by atoms with Crippen molar-refractivity contribution in [2.45, 2.75) is 30.6 Å². The molecular formula is C23H30N2O6S. The number of methoxy groups -OCH3 is 3. The summed E-state index contributed by atoms with van der Waals surface area (Å²) in [6.45, 7) is 1.53. The summed E-state index contributed by atoms with van der Waals surface area (Å²) in [5.41, 5.74) is 1.17. The zero-order valence-electron chi connectivity index (χ0n) is 18.7. The maximum absolute atomic E-state index is 13.0. The minimum atomic E-state index is -3.80. The van der Waals surface area contributed by atoms with Gasteiger partial charge in [0.15, 0.2) is 11.5 Å². The first-order valence-corrected chi connectivity index (χ1v) is 12.1. The Hall–Kier alpha value is -2.78.